The van der Waals surface area contributed by atoms with Gasteiger partial charge in [0, 0.05) is 10.0 Å². The molecule has 0 unspecified atom stereocenters. The van der Waals surface area contributed by atoms with Crippen molar-refractivity contribution < 1.29 is 4.79 Å². The van der Waals surface area contributed by atoms with Gasteiger partial charge >= 0.3 is 0 Å². The second-order valence-corrected chi connectivity index (χ2v) is 5.17. The van der Waals surface area contributed by atoms with E-state index in [2.05, 4.69) is 26.2 Å². The molecule has 1 amide bonds. The Morgan fingerprint density at radius 1 is 1.42 bits per heavy atom. The van der Waals surface area contributed by atoms with Crippen LogP contribution in [0.4, 0.5) is 11.5 Å². The standard InChI is InChI=1S/C13H11BrClN3O/c1-7-3-2-4-9(12(7)14)17-13(19)8-5-10(15)18-11(16)6-8/h2-6H,1H3,(H2,16,18)(H,17,19). The second kappa shape index (κ2) is 5.59. The molecule has 0 radical (unpaired) electrons. The molecule has 3 N–H and O–H groups in total. The lowest BCUT2D eigenvalue weighted by molar-refractivity contribution is 0.102. The Morgan fingerprint density at radius 3 is 2.84 bits per heavy atom. The quantitative estimate of drug-likeness (QED) is 0.820. The molecule has 4 nitrogen and oxygen atoms in total. The molecule has 0 aliphatic rings. The highest BCUT2D eigenvalue weighted by Crippen LogP contribution is 2.26. The topological polar surface area (TPSA) is 68.0 Å². The number of pyridine rings is 1. The molecule has 2 rings (SSSR count). The summed E-state index contributed by atoms with van der Waals surface area (Å²) in [6.45, 7) is 1.95. The maximum Gasteiger partial charge on any atom is 0.255 e. The summed E-state index contributed by atoms with van der Waals surface area (Å²) < 4.78 is 0.844. The minimum Gasteiger partial charge on any atom is -0.384 e. The Hall–Kier alpha value is -1.59. The zero-order valence-corrected chi connectivity index (χ0v) is 12.4. The van der Waals surface area contributed by atoms with Crippen LogP contribution in [0.5, 0.6) is 0 Å². The number of nitrogens with zero attached hydrogens (tertiary/aromatic N) is 1. The van der Waals surface area contributed by atoms with Crippen molar-refractivity contribution in [1.29, 1.82) is 0 Å². The van der Waals surface area contributed by atoms with Gasteiger partial charge in [0.15, 0.2) is 0 Å². The highest BCUT2D eigenvalue weighted by molar-refractivity contribution is 9.10. The first kappa shape index (κ1) is 13.8. The molecule has 0 fully saturated rings. The van der Waals surface area contributed by atoms with E-state index in [-0.39, 0.29) is 16.9 Å². The first-order valence-electron chi connectivity index (χ1n) is 5.47. The molecule has 19 heavy (non-hydrogen) atoms. The smallest absolute Gasteiger partial charge is 0.255 e. The molecule has 98 valence electrons. The van der Waals surface area contributed by atoms with Gasteiger partial charge in [0.05, 0.1) is 5.69 Å². The summed E-state index contributed by atoms with van der Waals surface area (Å²) >= 11 is 9.21. The van der Waals surface area contributed by atoms with Gasteiger partial charge in [-0.2, -0.15) is 0 Å². The van der Waals surface area contributed by atoms with Crippen molar-refractivity contribution in [3.05, 3.63) is 51.1 Å². The molecule has 0 saturated carbocycles. The average Bonchev–Trinajstić information content (AvgIpc) is 2.33. The first-order valence-corrected chi connectivity index (χ1v) is 6.64. The number of halogens is 2. The van der Waals surface area contributed by atoms with Crippen molar-refractivity contribution in [3.8, 4) is 0 Å². The van der Waals surface area contributed by atoms with Crippen molar-refractivity contribution >= 4 is 44.9 Å². The van der Waals surface area contributed by atoms with E-state index < -0.39 is 0 Å². The Labute approximate surface area is 124 Å². The molecule has 0 atom stereocenters. The van der Waals surface area contributed by atoms with Crippen molar-refractivity contribution in [2.75, 3.05) is 11.1 Å². The average molecular weight is 341 g/mol. The van der Waals surface area contributed by atoms with Crippen LogP contribution in [-0.4, -0.2) is 10.9 Å². The fourth-order valence-corrected chi connectivity index (χ4v) is 2.17. The summed E-state index contributed by atoms with van der Waals surface area (Å²) in [6, 6.07) is 8.56. The molecule has 1 aromatic heterocycles. The molecule has 1 heterocycles. The van der Waals surface area contributed by atoms with Crippen LogP contribution in [0.25, 0.3) is 0 Å². The number of anilines is 2. The molecule has 6 heteroatoms. The van der Waals surface area contributed by atoms with E-state index in [1.54, 1.807) is 6.07 Å². The fourth-order valence-electron chi connectivity index (χ4n) is 1.59. The lowest BCUT2D eigenvalue weighted by atomic mass is 10.2. The summed E-state index contributed by atoms with van der Waals surface area (Å²) in [7, 11) is 0. The number of benzene rings is 1. The summed E-state index contributed by atoms with van der Waals surface area (Å²) in [5.41, 5.74) is 7.65. The molecule has 0 saturated heterocycles. The summed E-state index contributed by atoms with van der Waals surface area (Å²) in [5.74, 6) is -0.0803. The number of nitrogen functional groups attached to an aromatic ring is 1. The van der Waals surface area contributed by atoms with Gasteiger partial charge < -0.3 is 11.1 Å². The molecule has 0 bridgehead atoms. The van der Waals surface area contributed by atoms with E-state index in [9.17, 15) is 4.79 Å². The molecule has 0 aliphatic heterocycles. The third-order valence-corrected chi connectivity index (χ3v) is 3.76. The van der Waals surface area contributed by atoms with Crippen LogP contribution < -0.4 is 11.1 Å². The summed E-state index contributed by atoms with van der Waals surface area (Å²) in [4.78, 5) is 15.9. The largest absolute Gasteiger partial charge is 0.384 e. The van der Waals surface area contributed by atoms with Gasteiger partial charge in [-0.1, -0.05) is 23.7 Å². The molecular formula is C13H11BrClN3O. The summed E-state index contributed by atoms with van der Waals surface area (Å²) in [6.07, 6.45) is 0. The van der Waals surface area contributed by atoms with Crippen LogP contribution in [0.15, 0.2) is 34.8 Å². The Bertz CT molecular complexity index is 626. The lowest BCUT2D eigenvalue weighted by Crippen LogP contribution is -2.13. The van der Waals surface area contributed by atoms with Gasteiger partial charge in [0.2, 0.25) is 0 Å². The van der Waals surface area contributed by atoms with Crippen molar-refractivity contribution in [2.24, 2.45) is 0 Å². The van der Waals surface area contributed by atoms with E-state index in [1.807, 2.05) is 19.1 Å². The SMILES string of the molecule is Cc1cccc(NC(=O)c2cc(N)nc(Cl)c2)c1Br. The molecule has 0 aliphatic carbocycles. The minimum atomic E-state index is -0.290. The number of carbonyl (C=O) groups is 1. The predicted octanol–water partition coefficient (Wildman–Crippen LogP) is 3.64. The van der Waals surface area contributed by atoms with Gasteiger partial charge in [-0.05, 0) is 46.6 Å². The predicted molar refractivity (Wildman–Crippen MR) is 80.5 cm³/mol. The number of hydrogen-bond donors (Lipinski definition) is 2. The van der Waals surface area contributed by atoms with Crippen LogP contribution in [0.1, 0.15) is 15.9 Å². The maximum atomic E-state index is 12.1. The molecule has 1 aromatic carbocycles. The third kappa shape index (κ3) is 3.24. The number of rotatable bonds is 2. The Kier molecular flexibility index (Phi) is 4.07. The van der Waals surface area contributed by atoms with Crippen molar-refractivity contribution in [1.82, 2.24) is 4.98 Å². The van der Waals surface area contributed by atoms with E-state index in [0.29, 0.717) is 11.3 Å². The van der Waals surface area contributed by atoms with Crippen molar-refractivity contribution in [3.63, 3.8) is 0 Å². The Balaban J connectivity index is 2.28. The zero-order valence-electron chi connectivity index (χ0n) is 10.1. The monoisotopic (exact) mass is 339 g/mol. The maximum absolute atomic E-state index is 12.1. The zero-order chi connectivity index (χ0) is 14.0. The summed E-state index contributed by atoms with van der Waals surface area (Å²) in [5, 5.41) is 2.98. The van der Waals surface area contributed by atoms with Crippen molar-refractivity contribution in [2.45, 2.75) is 6.92 Å². The van der Waals surface area contributed by atoms with Crippen LogP contribution >= 0.6 is 27.5 Å². The van der Waals surface area contributed by atoms with Gasteiger partial charge in [-0.15, -0.1) is 0 Å². The number of aromatic nitrogens is 1. The van der Waals surface area contributed by atoms with Crippen LogP contribution in [0, 0.1) is 6.92 Å². The highest BCUT2D eigenvalue weighted by Gasteiger charge is 2.11. The van der Waals surface area contributed by atoms with E-state index in [1.165, 1.54) is 12.1 Å². The number of amides is 1. The van der Waals surface area contributed by atoms with Gasteiger partial charge in [-0.25, -0.2) is 4.98 Å². The normalized spacial score (nSPS) is 10.3. The van der Waals surface area contributed by atoms with Crippen LogP contribution in [0.2, 0.25) is 5.15 Å². The van der Waals surface area contributed by atoms with Gasteiger partial charge in [0.25, 0.3) is 5.91 Å². The number of nitrogens with one attached hydrogen (secondary N) is 1. The van der Waals surface area contributed by atoms with Crippen LogP contribution in [0.3, 0.4) is 0 Å². The Morgan fingerprint density at radius 2 is 2.16 bits per heavy atom. The number of carbonyl (C=O) groups excluding carboxylic acids is 1. The van der Waals surface area contributed by atoms with E-state index in [4.69, 9.17) is 17.3 Å². The first-order chi connectivity index (χ1) is 8.97. The number of nitrogens with two attached hydrogens (primary N) is 1. The number of aryl methyl sites for hydroxylation is 1. The van der Waals surface area contributed by atoms with Gasteiger partial charge in [-0.3, -0.25) is 4.79 Å². The lowest BCUT2D eigenvalue weighted by Gasteiger charge is -2.09. The van der Waals surface area contributed by atoms with E-state index >= 15 is 0 Å². The highest BCUT2D eigenvalue weighted by atomic mass is 79.9. The molecule has 2 aromatic rings. The van der Waals surface area contributed by atoms with Crippen LogP contribution in [-0.2, 0) is 0 Å². The van der Waals surface area contributed by atoms with Gasteiger partial charge in [0.1, 0.15) is 11.0 Å². The molecular weight excluding hydrogens is 330 g/mol. The number of hydrogen-bond acceptors (Lipinski definition) is 3. The fraction of sp³-hybridized carbons (Fsp3) is 0.0769. The third-order valence-electron chi connectivity index (χ3n) is 2.52. The second-order valence-electron chi connectivity index (χ2n) is 3.99. The van der Waals surface area contributed by atoms with E-state index in [0.717, 1.165) is 10.0 Å². The molecule has 0 spiro atoms. The minimum absolute atomic E-state index is 0.188.